The van der Waals surface area contributed by atoms with E-state index in [0.717, 1.165) is 6.42 Å². The van der Waals surface area contributed by atoms with Gasteiger partial charge in [0.05, 0.1) is 13.5 Å². The van der Waals surface area contributed by atoms with Crippen molar-refractivity contribution in [3.8, 4) is 0 Å². The Hall–Kier alpha value is -1.06. The van der Waals surface area contributed by atoms with Gasteiger partial charge < -0.3 is 10.1 Å². The molecule has 1 amide bonds. The smallest absolute Gasteiger partial charge is 0.307 e. The standard InChI is InChI=1S/C11H21NO3/c1-6-8(7-9(13)15-5)12-10(14)11(2,3)4/h8H,6-7H2,1-5H3,(H,12,14). The van der Waals surface area contributed by atoms with Gasteiger partial charge in [-0.15, -0.1) is 0 Å². The molecule has 0 saturated heterocycles. The summed E-state index contributed by atoms with van der Waals surface area (Å²) < 4.78 is 4.56. The number of ether oxygens (including phenoxy) is 1. The monoisotopic (exact) mass is 215 g/mol. The Balaban J connectivity index is 4.22. The van der Waals surface area contributed by atoms with E-state index in [0.29, 0.717) is 0 Å². The van der Waals surface area contributed by atoms with Crippen molar-refractivity contribution in [2.24, 2.45) is 5.41 Å². The van der Waals surface area contributed by atoms with Crippen LogP contribution in [0.4, 0.5) is 0 Å². The molecule has 1 atom stereocenters. The summed E-state index contributed by atoms with van der Waals surface area (Å²) in [5, 5.41) is 2.83. The lowest BCUT2D eigenvalue weighted by molar-refractivity contribution is -0.141. The fraction of sp³-hybridized carbons (Fsp3) is 0.818. The topological polar surface area (TPSA) is 55.4 Å². The number of amides is 1. The van der Waals surface area contributed by atoms with Gasteiger partial charge in [0.2, 0.25) is 5.91 Å². The van der Waals surface area contributed by atoms with E-state index < -0.39 is 5.41 Å². The molecule has 0 aromatic rings. The van der Waals surface area contributed by atoms with E-state index in [-0.39, 0.29) is 24.3 Å². The molecule has 0 rings (SSSR count). The van der Waals surface area contributed by atoms with E-state index in [1.165, 1.54) is 7.11 Å². The van der Waals surface area contributed by atoms with Crippen LogP contribution in [0.15, 0.2) is 0 Å². The summed E-state index contributed by atoms with van der Waals surface area (Å²) in [6, 6.07) is -0.135. The van der Waals surface area contributed by atoms with Gasteiger partial charge in [-0.05, 0) is 6.42 Å². The Labute approximate surface area is 91.4 Å². The maximum atomic E-state index is 11.6. The average Bonchev–Trinajstić information content (AvgIpc) is 2.14. The van der Waals surface area contributed by atoms with Crippen LogP contribution in [-0.4, -0.2) is 25.0 Å². The van der Waals surface area contributed by atoms with E-state index in [9.17, 15) is 9.59 Å². The lowest BCUT2D eigenvalue weighted by Crippen LogP contribution is -2.42. The van der Waals surface area contributed by atoms with E-state index in [1.807, 2.05) is 27.7 Å². The van der Waals surface area contributed by atoms with Crippen LogP contribution in [0.2, 0.25) is 0 Å². The highest BCUT2D eigenvalue weighted by Crippen LogP contribution is 2.14. The molecule has 0 aromatic heterocycles. The van der Waals surface area contributed by atoms with Gasteiger partial charge in [0.1, 0.15) is 0 Å². The lowest BCUT2D eigenvalue weighted by atomic mass is 9.95. The van der Waals surface area contributed by atoms with Crippen molar-refractivity contribution < 1.29 is 14.3 Å². The van der Waals surface area contributed by atoms with Crippen LogP contribution in [0.1, 0.15) is 40.5 Å². The second kappa shape index (κ2) is 5.73. The van der Waals surface area contributed by atoms with Gasteiger partial charge in [-0.3, -0.25) is 9.59 Å². The molecule has 0 aliphatic heterocycles. The molecule has 4 heteroatoms. The second-order valence-corrected chi connectivity index (χ2v) is 4.61. The number of carbonyl (C=O) groups is 2. The van der Waals surface area contributed by atoms with Crippen LogP contribution in [0.5, 0.6) is 0 Å². The van der Waals surface area contributed by atoms with Gasteiger partial charge in [-0.25, -0.2) is 0 Å². The Bertz CT molecular complexity index is 230. The molecule has 88 valence electrons. The molecular weight excluding hydrogens is 194 g/mol. The van der Waals surface area contributed by atoms with Crippen LogP contribution >= 0.6 is 0 Å². The van der Waals surface area contributed by atoms with Gasteiger partial charge in [0.15, 0.2) is 0 Å². The van der Waals surface area contributed by atoms with E-state index in [4.69, 9.17) is 0 Å². The number of methoxy groups -OCH3 is 1. The highest BCUT2D eigenvalue weighted by atomic mass is 16.5. The molecule has 0 bridgehead atoms. The third-order valence-electron chi connectivity index (χ3n) is 2.15. The Morgan fingerprint density at radius 1 is 1.33 bits per heavy atom. The first-order valence-electron chi connectivity index (χ1n) is 5.19. The molecule has 0 spiro atoms. The zero-order valence-electron chi connectivity index (χ0n) is 10.2. The first-order chi connectivity index (χ1) is 6.81. The van der Waals surface area contributed by atoms with Crippen molar-refractivity contribution in [2.75, 3.05) is 7.11 Å². The van der Waals surface area contributed by atoms with Crippen LogP contribution in [-0.2, 0) is 14.3 Å². The molecule has 0 heterocycles. The van der Waals surface area contributed by atoms with E-state index in [2.05, 4.69) is 10.1 Å². The quantitative estimate of drug-likeness (QED) is 0.723. The minimum Gasteiger partial charge on any atom is -0.469 e. The number of carbonyl (C=O) groups excluding carboxylic acids is 2. The molecule has 0 radical (unpaired) electrons. The Kier molecular flexibility index (Phi) is 5.33. The highest BCUT2D eigenvalue weighted by molar-refractivity contribution is 5.82. The van der Waals surface area contributed by atoms with E-state index in [1.54, 1.807) is 0 Å². The van der Waals surface area contributed by atoms with Crippen molar-refractivity contribution in [2.45, 2.75) is 46.6 Å². The minimum atomic E-state index is -0.427. The minimum absolute atomic E-state index is 0.0433. The first kappa shape index (κ1) is 13.9. The number of esters is 1. The van der Waals surface area contributed by atoms with Gasteiger partial charge in [0.25, 0.3) is 0 Å². The van der Waals surface area contributed by atoms with Crippen LogP contribution in [0.3, 0.4) is 0 Å². The lowest BCUT2D eigenvalue weighted by Gasteiger charge is -2.22. The first-order valence-corrected chi connectivity index (χ1v) is 5.19. The molecule has 0 aliphatic carbocycles. The SMILES string of the molecule is CCC(CC(=O)OC)NC(=O)C(C)(C)C. The van der Waals surface area contributed by atoms with Crippen molar-refractivity contribution in [3.63, 3.8) is 0 Å². The summed E-state index contributed by atoms with van der Waals surface area (Å²) in [7, 11) is 1.35. The van der Waals surface area contributed by atoms with Crippen LogP contribution in [0.25, 0.3) is 0 Å². The summed E-state index contributed by atoms with van der Waals surface area (Å²) in [6.07, 6.45) is 0.950. The summed E-state index contributed by atoms with van der Waals surface area (Å²) in [5.41, 5.74) is -0.427. The van der Waals surface area contributed by atoms with E-state index >= 15 is 0 Å². The summed E-state index contributed by atoms with van der Waals surface area (Å²) in [4.78, 5) is 22.7. The Morgan fingerprint density at radius 3 is 2.20 bits per heavy atom. The van der Waals surface area contributed by atoms with Crippen LogP contribution in [0, 0.1) is 5.41 Å². The molecular formula is C11H21NO3. The predicted octanol–water partition coefficient (Wildman–Crippen LogP) is 1.49. The number of rotatable bonds is 4. The fourth-order valence-corrected chi connectivity index (χ4v) is 0.984. The summed E-state index contributed by atoms with van der Waals surface area (Å²) in [5.74, 6) is -0.339. The largest absolute Gasteiger partial charge is 0.469 e. The van der Waals surface area contributed by atoms with Gasteiger partial charge in [-0.2, -0.15) is 0 Å². The third kappa shape index (κ3) is 5.40. The van der Waals surface area contributed by atoms with Crippen molar-refractivity contribution >= 4 is 11.9 Å². The number of hydrogen-bond donors (Lipinski definition) is 1. The van der Waals surface area contributed by atoms with Crippen molar-refractivity contribution in [1.82, 2.24) is 5.32 Å². The van der Waals surface area contributed by atoms with Gasteiger partial charge in [-0.1, -0.05) is 27.7 Å². The highest BCUT2D eigenvalue weighted by Gasteiger charge is 2.24. The van der Waals surface area contributed by atoms with Crippen LogP contribution < -0.4 is 5.32 Å². The predicted molar refractivity (Wildman–Crippen MR) is 58.3 cm³/mol. The molecule has 0 saturated carbocycles. The maximum absolute atomic E-state index is 11.6. The Morgan fingerprint density at radius 2 is 1.87 bits per heavy atom. The molecule has 0 fully saturated rings. The molecule has 4 nitrogen and oxygen atoms in total. The molecule has 1 N–H and O–H groups in total. The number of hydrogen-bond acceptors (Lipinski definition) is 3. The molecule has 1 unspecified atom stereocenters. The molecule has 0 aromatic carbocycles. The van der Waals surface area contributed by atoms with Crippen molar-refractivity contribution in [1.29, 1.82) is 0 Å². The zero-order valence-corrected chi connectivity index (χ0v) is 10.2. The summed E-state index contributed by atoms with van der Waals surface area (Å²) in [6.45, 7) is 7.45. The molecule has 0 aliphatic rings. The second-order valence-electron chi connectivity index (χ2n) is 4.61. The zero-order chi connectivity index (χ0) is 12.1. The third-order valence-corrected chi connectivity index (χ3v) is 2.15. The summed E-state index contributed by atoms with van der Waals surface area (Å²) >= 11 is 0. The number of nitrogens with one attached hydrogen (secondary N) is 1. The maximum Gasteiger partial charge on any atom is 0.307 e. The average molecular weight is 215 g/mol. The van der Waals surface area contributed by atoms with Gasteiger partial charge in [0, 0.05) is 11.5 Å². The van der Waals surface area contributed by atoms with Crippen molar-refractivity contribution in [3.05, 3.63) is 0 Å². The van der Waals surface area contributed by atoms with Gasteiger partial charge >= 0.3 is 5.97 Å². The normalized spacial score (nSPS) is 13.1. The fourth-order valence-electron chi connectivity index (χ4n) is 0.984. The molecule has 15 heavy (non-hydrogen) atoms.